The van der Waals surface area contributed by atoms with Gasteiger partial charge in [0.25, 0.3) is 5.91 Å². The van der Waals surface area contributed by atoms with E-state index in [4.69, 9.17) is 9.84 Å². The van der Waals surface area contributed by atoms with E-state index in [1.54, 1.807) is 47.3 Å². The molecule has 202 valence electrons. The zero-order valence-corrected chi connectivity index (χ0v) is 22.1. The predicted octanol–water partition coefficient (Wildman–Crippen LogP) is 4.47. The van der Waals surface area contributed by atoms with Crippen molar-refractivity contribution in [1.82, 2.24) is 15.1 Å². The van der Waals surface area contributed by atoms with E-state index < -0.39 is 21.8 Å². The molecule has 3 aromatic carbocycles. The van der Waals surface area contributed by atoms with Gasteiger partial charge in [-0.05, 0) is 42.8 Å². The molecule has 1 fully saturated rings. The first-order chi connectivity index (χ1) is 19.3. The molecule has 1 atom stereocenters. The molecular formula is C30H25FN4O4S. The second kappa shape index (κ2) is 11.6. The Morgan fingerprint density at radius 1 is 1.12 bits per heavy atom. The van der Waals surface area contributed by atoms with Crippen LogP contribution in [0, 0.1) is 17.1 Å². The number of nitrogens with one attached hydrogen (secondary N) is 1. The van der Waals surface area contributed by atoms with Crippen LogP contribution >= 0.6 is 0 Å². The average Bonchev–Trinajstić information content (AvgIpc) is 3.54. The lowest BCUT2D eigenvalue weighted by Crippen LogP contribution is -2.36. The van der Waals surface area contributed by atoms with Crippen molar-refractivity contribution in [2.45, 2.75) is 19.1 Å². The van der Waals surface area contributed by atoms with Gasteiger partial charge in [0, 0.05) is 28.9 Å². The summed E-state index contributed by atoms with van der Waals surface area (Å²) in [7, 11) is -3.19. The lowest BCUT2D eigenvalue weighted by atomic mass is 10.1. The standard InChI is InChI=1S/C30H25FN4O4S/c31-28-12-5-4-7-22(28)19-39-27-11-6-8-21(16-27)29-24(18-35(34-29)26-9-2-1-3-10-26)15-23(17-32)30(36)33-25-13-14-40(37,38)20-25/h1-12,15-16,18,25H,13-14,19-20H2,(H,33,36). The maximum Gasteiger partial charge on any atom is 0.262 e. The number of ether oxygens (including phenoxy) is 1. The summed E-state index contributed by atoms with van der Waals surface area (Å²) in [6, 6.07) is 24.2. The number of hydrogen-bond donors (Lipinski definition) is 1. The predicted molar refractivity (Wildman–Crippen MR) is 149 cm³/mol. The number of para-hydroxylation sites is 1. The van der Waals surface area contributed by atoms with E-state index in [2.05, 4.69) is 5.32 Å². The van der Waals surface area contributed by atoms with Crippen molar-refractivity contribution in [3.63, 3.8) is 0 Å². The van der Waals surface area contributed by atoms with Crippen molar-refractivity contribution in [1.29, 1.82) is 5.26 Å². The second-order valence-corrected chi connectivity index (χ2v) is 11.6. The summed E-state index contributed by atoms with van der Waals surface area (Å²) < 4.78 is 45.1. The molecule has 4 aromatic rings. The highest BCUT2D eigenvalue weighted by atomic mass is 32.2. The third-order valence-electron chi connectivity index (χ3n) is 6.46. The SMILES string of the molecule is N#CC(=Cc1cn(-c2ccccc2)nc1-c1cccc(OCc2ccccc2F)c1)C(=O)NC1CCS(=O)(=O)C1. The van der Waals surface area contributed by atoms with Gasteiger partial charge in [-0.15, -0.1) is 0 Å². The van der Waals surface area contributed by atoms with E-state index >= 15 is 0 Å². The normalized spacial score (nSPS) is 16.3. The maximum atomic E-state index is 14.1. The average molecular weight is 557 g/mol. The smallest absolute Gasteiger partial charge is 0.262 e. The molecule has 8 nitrogen and oxygen atoms in total. The summed E-state index contributed by atoms with van der Waals surface area (Å²) in [5.74, 6) is -0.651. The molecule has 2 heterocycles. The van der Waals surface area contributed by atoms with E-state index in [1.165, 1.54) is 12.1 Å². The van der Waals surface area contributed by atoms with Crippen molar-refractivity contribution in [2.75, 3.05) is 11.5 Å². The Morgan fingerprint density at radius 2 is 1.90 bits per heavy atom. The van der Waals surface area contributed by atoms with Gasteiger partial charge >= 0.3 is 0 Å². The molecule has 1 aliphatic rings. The monoisotopic (exact) mass is 556 g/mol. The van der Waals surface area contributed by atoms with Crippen LogP contribution in [-0.2, 0) is 21.2 Å². The molecular weight excluding hydrogens is 531 g/mol. The number of rotatable bonds is 8. The van der Waals surface area contributed by atoms with Crippen LogP contribution in [0.4, 0.5) is 4.39 Å². The maximum absolute atomic E-state index is 14.1. The fraction of sp³-hybridized carbons (Fsp3) is 0.167. The summed E-state index contributed by atoms with van der Waals surface area (Å²) in [6.07, 6.45) is 3.46. The first-order valence-corrected chi connectivity index (χ1v) is 14.4. The zero-order chi connectivity index (χ0) is 28.1. The molecule has 0 radical (unpaired) electrons. The van der Waals surface area contributed by atoms with E-state index in [0.29, 0.717) is 34.6 Å². The summed E-state index contributed by atoms with van der Waals surface area (Å²) in [4.78, 5) is 12.9. The minimum absolute atomic E-state index is 0.00681. The fourth-order valence-corrected chi connectivity index (χ4v) is 6.09. The molecule has 1 saturated heterocycles. The van der Waals surface area contributed by atoms with E-state index in [1.807, 2.05) is 42.5 Å². The van der Waals surface area contributed by atoms with Gasteiger partial charge in [-0.2, -0.15) is 10.4 Å². The number of amides is 1. The van der Waals surface area contributed by atoms with Crippen LogP contribution in [0.2, 0.25) is 0 Å². The minimum atomic E-state index is -3.19. The van der Waals surface area contributed by atoms with Crippen LogP contribution in [0.25, 0.3) is 23.0 Å². The third kappa shape index (κ3) is 6.27. The van der Waals surface area contributed by atoms with Crippen LogP contribution in [0.15, 0.2) is 90.6 Å². The van der Waals surface area contributed by atoms with Crippen LogP contribution < -0.4 is 10.1 Å². The zero-order valence-electron chi connectivity index (χ0n) is 21.3. The molecule has 0 bridgehead atoms. The molecule has 1 aromatic heterocycles. The van der Waals surface area contributed by atoms with Crippen LogP contribution in [0.3, 0.4) is 0 Å². The molecule has 5 rings (SSSR count). The number of benzene rings is 3. The van der Waals surface area contributed by atoms with Crippen molar-refractivity contribution in [3.05, 3.63) is 108 Å². The van der Waals surface area contributed by atoms with Gasteiger partial charge in [-0.25, -0.2) is 17.5 Å². The van der Waals surface area contributed by atoms with Gasteiger partial charge in [-0.3, -0.25) is 4.79 Å². The second-order valence-electron chi connectivity index (χ2n) is 9.36. The lowest BCUT2D eigenvalue weighted by molar-refractivity contribution is -0.117. The Kier molecular flexibility index (Phi) is 7.75. The quantitative estimate of drug-likeness (QED) is 0.253. The number of hydrogen-bond acceptors (Lipinski definition) is 6. The van der Waals surface area contributed by atoms with Crippen molar-refractivity contribution in [3.8, 4) is 28.8 Å². The highest BCUT2D eigenvalue weighted by Gasteiger charge is 2.29. The van der Waals surface area contributed by atoms with Gasteiger partial charge in [0.1, 0.15) is 35.5 Å². The van der Waals surface area contributed by atoms with Crippen molar-refractivity contribution in [2.24, 2.45) is 0 Å². The molecule has 1 unspecified atom stereocenters. The summed E-state index contributed by atoms with van der Waals surface area (Å²) in [5.41, 5.74) is 2.67. The Balaban J connectivity index is 1.47. The number of carbonyl (C=O) groups excluding carboxylic acids is 1. The highest BCUT2D eigenvalue weighted by molar-refractivity contribution is 7.91. The summed E-state index contributed by atoms with van der Waals surface area (Å²) in [6.45, 7) is 0.0387. The highest BCUT2D eigenvalue weighted by Crippen LogP contribution is 2.29. The van der Waals surface area contributed by atoms with Gasteiger partial charge in [0.15, 0.2) is 9.84 Å². The first-order valence-electron chi connectivity index (χ1n) is 12.6. The Labute approximate surface area is 231 Å². The van der Waals surface area contributed by atoms with Gasteiger partial charge < -0.3 is 10.1 Å². The van der Waals surface area contributed by atoms with E-state index in [0.717, 1.165) is 5.69 Å². The van der Waals surface area contributed by atoms with E-state index in [9.17, 15) is 22.9 Å². The number of nitriles is 1. The fourth-order valence-electron chi connectivity index (χ4n) is 4.42. The summed E-state index contributed by atoms with van der Waals surface area (Å²) in [5, 5.41) is 17.2. The van der Waals surface area contributed by atoms with Crippen LogP contribution in [0.1, 0.15) is 17.5 Å². The van der Waals surface area contributed by atoms with Gasteiger partial charge in [0.2, 0.25) is 0 Å². The number of aromatic nitrogens is 2. The van der Waals surface area contributed by atoms with Crippen molar-refractivity contribution < 1.29 is 22.3 Å². The van der Waals surface area contributed by atoms with Gasteiger partial charge in [0.05, 0.1) is 17.2 Å². The summed E-state index contributed by atoms with van der Waals surface area (Å²) >= 11 is 0. The molecule has 1 aliphatic heterocycles. The van der Waals surface area contributed by atoms with Crippen LogP contribution in [0.5, 0.6) is 5.75 Å². The molecule has 1 N–H and O–H groups in total. The molecule has 1 amide bonds. The molecule has 0 spiro atoms. The van der Waals surface area contributed by atoms with E-state index in [-0.39, 0.29) is 29.5 Å². The number of nitrogens with zero attached hydrogens (tertiary/aromatic N) is 3. The number of carbonyl (C=O) groups is 1. The first kappa shape index (κ1) is 26.8. The molecule has 10 heteroatoms. The number of sulfone groups is 1. The topological polar surface area (TPSA) is 114 Å². The number of halogens is 1. The van der Waals surface area contributed by atoms with Gasteiger partial charge in [-0.1, -0.05) is 48.5 Å². The molecule has 40 heavy (non-hydrogen) atoms. The Morgan fingerprint density at radius 3 is 2.62 bits per heavy atom. The Hall–Kier alpha value is -4.75. The van der Waals surface area contributed by atoms with Crippen LogP contribution in [-0.4, -0.2) is 41.7 Å². The Bertz CT molecular complexity index is 1730. The van der Waals surface area contributed by atoms with Crippen molar-refractivity contribution >= 4 is 21.8 Å². The largest absolute Gasteiger partial charge is 0.489 e. The lowest BCUT2D eigenvalue weighted by Gasteiger charge is -2.10. The third-order valence-corrected chi connectivity index (χ3v) is 8.22. The minimum Gasteiger partial charge on any atom is -0.489 e. The molecule has 0 aliphatic carbocycles. The molecule has 0 saturated carbocycles.